The number of aryl methyl sites for hydroxylation is 1. The minimum absolute atomic E-state index is 0.00667. The van der Waals surface area contributed by atoms with Crippen molar-refractivity contribution in [2.24, 2.45) is 5.92 Å². The highest BCUT2D eigenvalue weighted by atomic mass is 19.4. The summed E-state index contributed by atoms with van der Waals surface area (Å²) in [6, 6.07) is 3.76. The number of fused-ring (bicyclic) bond motifs is 1. The largest absolute Gasteiger partial charge is 0.391 e. The second kappa shape index (κ2) is 7.35. The van der Waals surface area contributed by atoms with Gasteiger partial charge in [0.15, 0.2) is 5.65 Å². The molecule has 1 aliphatic carbocycles. The van der Waals surface area contributed by atoms with E-state index < -0.39 is 12.1 Å². The number of ether oxygens (including phenoxy) is 1. The predicted molar refractivity (Wildman–Crippen MR) is 94.8 cm³/mol. The van der Waals surface area contributed by atoms with Crippen molar-refractivity contribution in [2.75, 3.05) is 19.7 Å². The maximum absolute atomic E-state index is 12.9. The zero-order chi connectivity index (χ0) is 19.9. The van der Waals surface area contributed by atoms with Crippen LogP contribution in [0, 0.1) is 12.8 Å². The first-order chi connectivity index (χ1) is 13.3. The van der Waals surface area contributed by atoms with Gasteiger partial charge in [-0.1, -0.05) is 0 Å². The summed E-state index contributed by atoms with van der Waals surface area (Å²) >= 11 is 0. The topological polar surface area (TPSA) is 59.7 Å². The van der Waals surface area contributed by atoms with Crippen LogP contribution >= 0.6 is 0 Å². The van der Waals surface area contributed by atoms with Crippen LogP contribution in [-0.2, 0) is 9.53 Å². The van der Waals surface area contributed by atoms with Crippen molar-refractivity contribution in [3.63, 3.8) is 0 Å². The molecule has 152 valence electrons. The lowest BCUT2D eigenvalue weighted by Crippen LogP contribution is -2.38. The van der Waals surface area contributed by atoms with Crippen molar-refractivity contribution in [3.8, 4) is 0 Å². The SMILES string of the molecule is Cc1cc(C2CN(C=O)CCO2)n2nc([C@H]3CC[C@H](C(F)(F)F)CC3)cc2n1. The van der Waals surface area contributed by atoms with Gasteiger partial charge in [0.1, 0.15) is 6.10 Å². The van der Waals surface area contributed by atoms with Gasteiger partial charge in [-0.05, 0) is 38.7 Å². The number of hydrogen-bond acceptors (Lipinski definition) is 4. The molecule has 0 radical (unpaired) electrons. The number of rotatable bonds is 3. The molecule has 2 fully saturated rings. The second-order valence-electron chi connectivity index (χ2n) is 7.71. The van der Waals surface area contributed by atoms with Crippen LogP contribution in [0.5, 0.6) is 0 Å². The quantitative estimate of drug-likeness (QED) is 0.746. The zero-order valence-electron chi connectivity index (χ0n) is 15.7. The highest BCUT2D eigenvalue weighted by Crippen LogP contribution is 2.42. The number of carbonyl (C=O) groups excluding carboxylic acids is 1. The van der Waals surface area contributed by atoms with Gasteiger partial charge in [-0.15, -0.1) is 0 Å². The molecule has 1 saturated carbocycles. The van der Waals surface area contributed by atoms with Crippen LogP contribution < -0.4 is 0 Å². The van der Waals surface area contributed by atoms with E-state index in [1.165, 1.54) is 0 Å². The molecule has 3 heterocycles. The fourth-order valence-electron chi connectivity index (χ4n) is 4.24. The Balaban J connectivity index is 1.60. The molecule has 2 aromatic heterocycles. The summed E-state index contributed by atoms with van der Waals surface area (Å²) in [7, 11) is 0. The Labute approximate surface area is 160 Å². The van der Waals surface area contributed by atoms with E-state index in [0.29, 0.717) is 38.2 Å². The Kier molecular flexibility index (Phi) is 5.03. The first-order valence-electron chi connectivity index (χ1n) is 9.60. The summed E-state index contributed by atoms with van der Waals surface area (Å²) in [4.78, 5) is 17.3. The molecule has 0 aromatic carbocycles. The van der Waals surface area contributed by atoms with Gasteiger partial charge in [-0.2, -0.15) is 18.3 Å². The zero-order valence-corrected chi connectivity index (χ0v) is 15.7. The number of amides is 1. The van der Waals surface area contributed by atoms with Gasteiger partial charge in [0.25, 0.3) is 0 Å². The molecule has 28 heavy (non-hydrogen) atoms. The van der Waals surface area contributed by atoms with E-state index in [1.807, 2.05) is 19.1 Å². The Morgan fingerprint density at radius 1 is 1.21 bits per heavy atom. The Morgan fingerprint density at radius 2 is 1.96 bits per heavy atom. The molecular weight excluding hydrogens is 373 g/mol. The molecule has 2 aliphatic rings. The number of nitrogens with zero attached hydrogens (tertiary/aromatic N) is 4. The van der Waals surface area contributed by atoms with Crippen LogP contribution in [0.3, 0.4) is 0 Å². The van der Waals surface area contributed by atoms with Crippen molar-refractivity contribution in [2.45, 2.75) is 50.8 Å². The van der Waals surface area contributed by atoms with Crippen LogP contribution in [0.1, 0.15) is 54.8 Å². The molecule has 4 rings (SSSR count). The van der Waals surface area contributed by atoms with Crippen molar-refractivity contribution in [3.05, 3.63) is 29.2 Å². The predicted octanol–water partition coefficient (Wildman–Crippen LogP) is 3.40. The highest BCUT2D eigenvalue weighted by molar-refractivity contribution is 5.48. The molecule has 9 heteroatoms. The van der Waals surface area contributed by atoms with Gasteiger partial charge in [0.05, 0.1) is 30.5 Å². The summed E-state index contributed by atoms with van der Waals surface area (Å²) in [5, 5.41) is 4.68. The number of hydrogen-bond donors (Lipinski definition) is 0. The van der Waals surface area contributed by atoms with E-state index in [0.717, 1.165) is 23.5 Å². The second-order valence-corrected chi connectivity index (χ2v) is 7.71. The molecule has 1 saturated heterocycles. The fourth-order valence-corrected chi connectivity index (χ4v) is 4.24. The fraction of sp³-hybridized carbons (Fsp3) is 0.632. The number of aromatic nitrogens is 3. The first-order valence-corrected chi connectivity index (χ1v) is 9.60. The monoisotopic (exact) mass is 396 g/mol. The molecule has 2 aromatic rings. The average molecular weight is 396 g/mol. The normalized spacial score (nSPS) is 26.6. The molecule has 1 aliphatic heterocycles. The van der Waals surface area contributed by atoms with Gasteiger partial charge >= 0.3 is 6.18 Å². The lowest BCUT2D eigenvalue weighted by molar-refractivity contribution is -0.182. The number of halogens is 3. The number of carbonyl (C=O) groups is 1. The molecule has 1 unspecified atom stereocenters. The Morgan fingerprint density at radius 3 is 2.64 bits per heavy atom. The van der Waals surface area contributed by atoms with E-state index >= 15 is 0 Å². The smallest absolute Gasteiger partial charge is 0.368 e. The van der Waals surface area contributed by atoms with E-state index in [1.54, 1.807) is 9.42 Å². The standard InChI is InChI=1S/C19H23F3N4O2/c1-12-8-16(17-10-25(11-27)6-7-28-17)26-18(23-12)9-15(24-26)13-2-4-14(5-3-13)19(20,21)22/h8-9,11,13-14,17H,2-7,10H2,1H3/t13-,14-,17?. The molecule has 6 nitrogen and oxygen atoms in total. The van der Waals surface area contributed by atoms with E-state index in [4.69, 9.17) is 4.74 Å². The van der Waals surface area contributed by atoms with Crippen molar-refractivity contribution in [1.29, 1.82) is 0 Å². The maximum Gasteiger partial charge on any atom is 0.391 e. The maximum atomic E-state index is 12.9. The molecule has 0 bridgehead atoms. The molecule has 0 N–H and O–H groups in total. The van der Waals surface area contributed by atoms with E-state index in [-0.39, 0.29) is 24.9 Å². The molecule has 0 spiro atoms. The van der Waals surface area contributed by atoms with Crippen molar-refractivity contribution >= 4 is 12.1 Å². The summed E-state index contributed by atoms with van der Waals surface area (Å²) in [6.07, 6.45) is -2.38. The van der Waals surface area contributed by atoms with Crippen LogP contribution in [0.4, 0.5) is 13.2 Å². The first kappa shape index (κ1) is 19.2. The van der Waals surface area contributed by atoms with Crippen molar-refractivity contribution < 1.29 is 22.7 Å². The Hall–Kier alpha value is -2.16. The minimum Gasteiger partial charge on any atom is -0.368 e. The Bertz CT molecular complexity index is 859. The van der Waals surface area contributed by atoms with Crippen LogP contribution in [0.15, 0.2) is 12.1 Å². The van der Waals surface area contributed by atoms with Gasteiger partial charge in [0, 0.05) is 24.2 Å². The van der Waals surface area contributed by atoms with Crippen LogP contribution in [-0.4, -0.2) is 51.8 Å². The van der Waals surface area contributed by atoms with Crippen LogP contribution in [0.25, 0.3) is 5.65 Å². The minimum atomic E-state index is -4.11. The lowest BCUT2D eigenvalue weighted by atomic mass is 9.80. The summed E-state index contributed by atoms with van der Waals surface area (Å²) in [6.45, 7) is 3.32. The van der Waals surface area contributed by atoms with Gasteiger partial charge < -0.3 is 9.64 Å². The third kappa shape index (κ3) is 3.72. The lowest BCUT2D eigenvalue weighted by Gasteiger charge is -2.30. The van der Waals surface area contributed by atoms with Crippen LogP contribution in [0.2, 0.25) is 0 Å². The van der Waals surface area contributed by atoms with Gasteiger partial charge in [-0.3, -0.25) is 4.79 Å². The molecular formula is C19H23F3N4O2. The molecule has 1 amide bonds. The third-order valence-electron chi connectivity index (χ3n) is 5.79. The van der Waals surface area contributed by atoms with E-state index in [2.05, 4.69) is 10.1 Å². The van der Waals surface area contributed by atoms with Gasteiger partial charge in [-0.25, -0.2) is 9.50 Å². The molecule has 1 atom stereocenters. The average Bonchev–Trinajstić information content (AvgIpc) is 3.10. The van der Waals surface area contributed by atoms with Crippen molar-refractivity contribution in [1.82, 2.24) is 19.5 Å². The third-order valence-corrected chi connectivity index (χ3v) is 5.79. The number of morpholine rings is 1. The highest BCUT2D eigenvalue weighted by Gasteiger charge is 2.42. The van der Waals surface area contributed by atoms with E-state index in [9.17, 15) is 18.0 Å². The summed E-state index contributed by atoms with van der Waals surface area (Å²) in [5.74, 6) is -1.20. The summed E-state index contributed by atoms with van der Waals surface area (Å²) < 4.78 is 46.4. The van der Waals surface area contributed by atoms with Gasteiger partial charge in [0.2, 0.25) is 6.41 Å². The number of alkyl halides is 3. The summed E-state index contributed by atoms with van der Waals surface area (Å²) in [5.41, 5.74) is 3.06.